The second kappa shape index (κ2) is 8.22. The van der Waals surface area contributed by atoms with Gasteiger partial charge in [0.2, 0.25) is 0 Å². The van der Waals surface area contributed by atoms with Gasteiger partial charge in [-0.05, 0) is 63.2 Å². The van der Waals surface area contributed by atoms with Gasteiger partial charge in [0.15, 0.2) is 0 Å². The van der Waals surface area contributed by atoms with Crippen LogP contribution >= 0.6 is 0 Å². The van der Waals surface area contributed by atoms with Crippen LogP contribution in [-0.2, 0) is 0 Å². The van der Waals surface area contributed by atoms with Gasteiger partial charge in [-0.25, -0.2) is 4.39 Å². The molecule has 0 bridgehead atoms. The van der Waals surface area contributed by atoms with Crippen LogP contribution in [0.4, 0.5) is 4.39 Å². The molecule has 0 saturated carbocycles. The Bertz CT molecular complexity index is 377. The number of rotatable bonds is 7. The zero-order valence-electron chi connectivity index (χ0n) is 12.3. The molecule has 4 heteroatoms. The summed E-state index contributed by atoms with van der Waals surface area (Å²) in [5.41, 5.74) is 0. The lowest BCUT2D eigenvalue weighted by molar-refractivity contribution is 0.157. The highest BCUT2D eigenvalue weighted by Gasteiger charge is 2.18. The number of nitrogens with zero attached hydrogens (tertiary/aromatic N) is 1. The van der Waals surface area contributed by atoms with Crippen LogP contribution in [0.1, 0.15) is 26.2 Å². The summed E-state index contributed by atoms with van der Waals surface area (Å²) in [4.78, 5) is 2.55. The van der Waals surface area contributed by atoms with Crippen LogP contribution in [0.25, 0.3) is 0 Å². The number of nitrogens with one attached hydrogen (secondary N) is 1. The molecule has 1 aromatic rings. The lowest BCUT2D eigenvalue weighted by atomic mass is 10.0. The van der Waals surface area contributed by atoms with Crippen molar-refractivity contribution in [2.45, 2.75) is 32.2 Å². The predicted molar refractivity (Wildman–Crippen MR) is 79.7 cm³/mol. The van der Waals surface area contributed by atoms with Crippen LogP contribution in [0.15, 0.2) is 24.3 Å². The van der Waals surface area contributed by atoms with Crippen molar-refractivity contribution < 1.29 is 9.13 Å². The zero-order chi connectivity index (χ0) is 14.2. The first kappa shape index (κ1) is 15.3. The fourth-order valence-corrected chi connectivity index (χ4v) is 2.76. The van der Waals surface area contributed by atoms with Crippen molar-refractivity contribution in [3.63, 3.8) is 0 Å². The number of piperidine rings is 1. The molecular formula is C16H25FN2O. The van der Waals surface area contributed by atoms with Gasteiger partial charge in [-0.2, -0.15) is 0 Å². The Hall–Kier alpha value is -1.13. The van der Waals surface area contributed by atoms with Gasteiger partial charge in [-0.15, -0.1) is 0 Å². The first-order valence-electron chi connectivity index (χ1n) is 7.62. The number of ether oxygens (including phenoxy) is 1. The molecule has 0 aromatic heterocycles. The van der Waals surface area contributed by atoms with Crippen molar-refractivity contribution in [1.29, 1.82) is 0 Å². The topological polar surface area (TPSA) is 24.5 Å². The van der Waals surface area contributed by atoms with Gasteiger partial charge in [0, 0.05) is 12.6 Å². The van der Waals surface area contributed by atoms with Gasteiger partial charge in [-0.3, -0.25) is 0 Å². The summed E-state index contributed by atoms with van der Waals surface area (Å²) < 4.78 is 18.4. The molecule has 1 aliphatic heterocycles. The van der Waals surface area contributed by atoms with Gasteiger partial charge in [0.25, 0.3) is 0 Å². The molecule has 0 amide bonds. The van der Waals surface area contributed by atoms with Crippen molar-refractivity contribution in [1.82, 2.24) is 10.2 Å². The minimum Gasteiger partial charge on any atom is -0.494 e. The van der Waals surface area contributed by atoms with Crippen molar-refractivity contribution in [2.24, 2.45) is 0 Å². The highest BCUT2D eigenvalue weighted by atomic mass is 19.1. The molecule has 0 atom stereocenters. The summed E-state index contributed by atoms with van der Waals surface area (Å²) in [7, 11) is 0. The minimum absolute atomic E-state index is 0.222. The quantitative estimate of drug-likeness (QED) is 0.777. The SMILES string of the molecule is CCN(CCCOc1ccc(F)cc1)C1CCNCC1. The second-order valence-electron chi connectivity index (χ2n) is 5.27. The van der Waals surface area contributed by atoms with Crippen molar-refractivity contribution in [3.05, 3.63) is 30.1 Å². The number of halogens is 1. The highest BCUT2D eigenvalue weighted by Crippen LogP contribution is 2.13. The molecule has 20 heavy (non-hydrogen) atoms. The molecule has 0 radical (unpaired) electrons. The summed E-state index contributed by atoms with van der Waals surface area (Å²) in [6.07, 6.45) is 3.49. The Labute approximate surface area is 121 Å². The molecule has 2 rings (SSSR count). The summed E-state index contributed by atoms with van der Waals surface area (Å²) in [6, 6.07) is 6.94. The Morgan fingerprint density at radius 3 is 2.60 bits per heavy atom. The third-order valence-corrected chi connectivity index (χ3v) is 3.90. The molecule has 1 saturated heterocycles. The normalized spacial score (nSPS) is 16.6. The third-order valence-electron chi connectivity index (χ3n) is 3.90. The average Bonchev–Trinajstić information content (AvgIpc) is 2.50. The fraction of sp³-hybridized carbons (Fsp3) is 0.625. The van der Waals surface area contributed by atoms with Crippen LogP contribution in [-0.4, -0.2) is 43.7 Å². The standard InChI is InChI=1S/C16H25FN2O/c1-2-19(15-8-10-18-11-9-15)12-3-13-20-16-6-4-14(17)5-7-16/h4-7,15,18H,2-3,8-13H2,1H3. The Kier molecular flexibility index (Phi) is 6.27. The summed E-state index contributed by atoms with van der Waals surface area (Å²) >= 11 is 0. The summed E-state index contributed by atoms with van der Waals surface area (Å²) in [5, 5.41) is 3.40. The molecule has 0 aliphatic carbocycles. The van der Waals surface area contributed by atoms with E-state index in [0.717, 1.165) is 38.3 Å². The average molecular weight is 280 g/mol. The lowest BCUT2D eigenvalue weighted by Crippen LogP contribution is -2.43. The minimum atomic E-state index is -0.222. The number of benzene rings is 1. The maximum Gasteiger partial charge on any atom is 0.123 e. The van der Waals surface area contributed by atoms with E-state index in [0.29, 0.717) is 12.6 Å². The molecule has 1 heterocycles. The molecule has 1 aromatic carbocycles. The molecule has 1 fully saturated rings. The Morgan fingerprint density at radius 2 is 1.95 bits per heavy atom. The maximum absolute atomic E-state index is 12.8. The van der Waals surface area contributed by atoms with E-state index in [1.807, 2.05) is 0 Å². The van der Waals surface area contributed by atoms with Crippen molar-refractivity contribution >= 4 is 0 Å². The Balaban J connectivity index is 1.67. The van der Waals surface area contributed by atoms with Crippen molar-refractivity contribution in [2.75, 3.05) is 32.8 Å². The maximum atomic E-state index is 12.8. The van der Waals surface area contributed by atoms with Crippen LogP contribution in [0.5, 0.6) is 5.75 Å². The van der Waals surface area contributed by atoms with Gasteiger partial charge in [0.1, 0.15) is 11.6 Å². The monoisotopic (exact) mass is 280 g/mol. The first-order valence-corrected chi connectivity index (χ1v) is 7.62. The number of hydrogen-bond acceptors (Lipinski definition) is 3. The van der Waals surface area contributed by atoms with Crippen molar-refractivity contribution in [3.8, 4) is 5.75 Å². The smallest absolute Gasteiger partial charge is 0.123 e. The first-order chi connectivity index (χ1) is 9.79. The van der Waals surface area contributed by atoms with E-state index in [1.54, 1.807) is 12.1 Å². The van der Waals surface area contributed by atoms with Gasteiger partial charge in [0.05, 0.1) is 6.61 Å². The molecular weight excluding hydrogens is 255 g/mol. The van der Waals surface area contributed by atoms with E-state index < -0.39 is 0 Å². The van der Waals surface area contributed by atoms with Crippen LogP contribution < -0.4 is 10.1 Å². The predicted octanol–water partition coefficient (Wildman–Crippen LogP) is 2.67. The molecule has 0 unspecified atom stereocenters. The molecule has 112 valence electrons. The van der Waals surface area contributed by atoms with E-state index >= 15 is 0 Å². The molecule has 3 nitrogen and oxygen atoms in total. The summed E-state index contributed by atoms with van der Waals surface area (Å²) in [5.74, 6) is 0.525. The van der Waals surface area contributed by atoms with Crippen LogP contribution in [0.2, 0.25) is 0 Å². The zero-order valence-corrected chi connectivity index (χ0v) is 12.3. The fourth-order valence-electron chi connectivity index (χ4n) is 2.76. The number of hydrogen-bond donors (Lipinski definition) is 1. The van der Waals surface area contributed by atoms with Gasteiger partial charge < -0.3 is 15.0 Å². The van der Waals surface area contributed by atoms with Crippen LogP contribution in [0, 0.1) is 5.82 Å². The third kappa shape index (κ3) is 4.76. The van der Waals surface area contributed by atoms with E-state index in [2.05, 4.69) is 17.1 Å². The molecule has 1 N–H and O–H groups in total. The van der Waals surface area contributed by atoms with Crippen LogP contribution in [0.3, 0.4) is 0 Å². The Morgan fingerprint density at radius 1 is 1.25 bits per heavy atom. The van der Waals surface area contributed by atoms with Gasteiger partial charge >= 0.3 is 0 Å². The van der Waals surface area contributed by atoms with E-state index in [4.69, 9.17) is 4.74 Å². The van der Waals surface area contributed by atoms with E-state index in [9.17, 15) is 4.39 Å². The molecule has 1 aliphatic rings. The summed E-state index contributed by atoms with van der Waals surface area (Å²) in [6.45, 7) is 7.35. The lowest BCUT2D eigenvalue weighted by Gasteiger charge is -2.33. The second-order valence-corrected chi connectivity index (χ2v) is 5.27. The van der Waals surface area contributed by atoms with Gasteiger partial charge in [-0.1, -0.05) is 6.92 Å². The highest BCUT2D eigenvalue weighted by molar-refractivity contribution is 5.21. The van der Waals surface area contributed by atoms with E-state index in [-0.39, 0.29) is 5.82 Å². The van der Waals surface area contributed by atoms with E-state index in [1.165, 1.54) is 25.0 Å². The largest absolute Gasteiger partial charge is 0.494 e. The molecule has 0 spiro atoms.